The Morgan fingerprint density at radius 2 is 1.94 bits per heavy atom. The zero-order valence-corrected chi connectivity index (χ0v) is 20.2. The van der Waals surface area contributed by atoms with Crippen molar-refractivity contribution in [2.75, 3.05) is 44.3 Å². The number of fused-ring (bicyclic) bond motifs is 1. The number of likely N-dealkylation sites (tertiary alicyclic amines) is 1. The predicted octanol–water partition coefficient (Wildman–Crippen LogP) is 4.31. The molecule has 0 aliphatic carbocycles. The monoisotopic (exact) mass is 495 g/mol. The van der Waals surface area contributed by atoms with Crippen molar-refractivity contribution >= 4 is 16.5 Å². The van der Waals surface area contributed by atoms with Crippen molar-refractivity contribution in [3.05, 3.63) is 64.8 Å². The average molecular weight is 496 g/mol. The van der Waals surface area contributed by atoms with Crippen molar-refractivity contribution < 1.29 is 18.3 Å². The van der Waals surface area contributed by atoms with Crippen molar-refractivity contribution in [2.24, 2.45) is 0 Å². The van der Waals surface area contributed by atoms with Gasteiger partial charge in [-0.25, -0.2) is 8.78 Å². The summed E-state index contributed by atoms with van der Waals surface area (Å²) in [7, 11) is 0. The first-order valence-electron chi connectivity index (χ1n) is 12.9. The van der Waals surface area contributed by atoms with Crippen LogP contribution in [-0.2, 0) is 4.74 Å². The van der Waals surface area contributed by atoms with Gasteiger partial charge in [-0.1, -0.05) is 0 Å². The average Bonchev–Trinajstić information content (AvgIpc) is 3.65. The number of alkyl halides is 1. The molecule has 0 amide bonds. The third kappa shape index (κ3) is 4.60. The van der Waals surface area contributed by atoms with Gasteiger partial charge in [0.1, 0.15) is 24.3 Å². The summed E-state index contributed by atoms with van der Waals surface area (Å²) in [6.07, 6.45) is 4.60. The normalized spacial score (nSPS) is 24.7. The molecule has 3 saturated heterocycles. The first-order chi connectivity index (χ1) is 17.5. The summed E-state index contributed by atoms with van der Waals surface area (Å²) in [6.45, 7) is 3.96. The highest BCUT2D eigenvalue weighted by Crippen LogP contribution is 2.29. The number of anilines is 1. The van der Waals surface area contributed by atoms with E-state index in [1.807, 2.05) is 17.0 Å². The number of pyridine rings is 1. The SMILES string of the molecule is O=c1c2ccc(OC[C@H]3CCCO3)cc2ccn1-c1ccc(N2CCC(N3CC[C@H](F)C3)C2)c(F)c1. The molecule has 0 spiro atoms. The Balaban J connectivity index is 1.18. The molecule has 0 N–H and O–H groups in total. The second kappa shape index (κ2) is 9.82. The van der Waals surface area contributed by atoms with Gasteiger partial charge in [0.25, 0.3) is 5.56 Å². The quantitative estimate of drug-likeness (QED) is 0.510. The van der Waals surface area contributed by atoms with E-state index in [1.165, 1.54) is 10.6 Å². The number of aromatic nitrogens is 1. The molecule has 4 heterocycles. The topological polar surface area (TPSA) is 46.9 Å². The third-order valence-electron chi connectivity index (χ3n) is 7.73. The molecule has 3 aliphatic heterocycles. The lowest BCUT2D eigenvalue weighted by Gasteiger charge is -2.25. The Hall–Kier alpha value is -2.97. The molecular weight excluding hydrogens is 464 g/mol. The number of halogens is 2. The van der Waals surface area contributed by atoms with E-state index in [2.05, 4.69) is 4.90 Å². The summed E-state index contributed by atoms with van der Waals surface area (Å²) >= 11 is 0. The van der Waals surface area contributed by atoms with Crippen LogP contribution in [0.3, 0.4) is 0 Å². The molecule has 1 aromatic heterocycles. The van der Waals surface area contributed by atoms with Crippen LogP contribution in [0.4, 0.5) is 14.5 Å². The number of hydrogen-bond acceptors (Lipinski definition) is 5. The molecule has 1 unspecified atom stereocenters. The van der Waals surface area contributed by atoms with E-state index in [4.69, 9.17) is 9.47 Å². The minimum absolute atomic E-state index is 0.126. The highest BCUT2D eigenvalue weighted by atomic mass is 19.1. The molecular formula is C28H31F2N3O3. The predicted molar refractivity (Wildman–Crippen MR) is 136 cm³/mol. The van der Waals surface area contributed by atoms with Crippen molar-refractivity contribution in [2.45, 2.75) is 44.0 Å². The second-order valence-corrected chi connectivity index (χ2v) is 10.1. The van der Waals surface area contributed by atoms with Crippen LogP contribution >= 0.6 is 0 Å². The maximum Gasteiger partial charge on any atom is 0.262 e. The van der Waals surface area contributed by atoms with Gasteiger partial charge in [0, 0.05) is 56.5 Å². The van der Waals surface area contributed by atoms with Crippen LogP contribution in [-0.4, -0.2) is 67.2 Å². The van der Waals surface area contributed by atoms with Crippen LogP contribution in [0.2, 0.25) is 0 Å². The largest absolute Gasteiger partial charge is 0.491 e. The van der Waals surface area contributed by atoms with Gasteiger partial charge >= 0.3 is 0 Å². The molecule has 3 atom stereocenters. The molecule has 0 radical (unpaired) electrons. The number of benzene rings is 2. The maximum atomic E-state index is 15.2. The zero-order valence-electron chi connectivity index (χ0n) is 20.2. The van der Waals surface area contributed by atoms with E-state index in [1.54, 1.807) is 30.5 Å². The van der Waals surface area contributed by atoms with E-state index in [0.29, 0.717) is 48.6 Å². The van der Waals surface area contributed by atoms with Crippen molar-refractivity contribution in [3.8, 4) is 11.4 Å². The molecule has 0 bridgehead atoms. The highest BCUT2D eigenvalue weighted by Gasteiger charge is 2.33. The van der Waals surface area contributed by atoms with Gasteiger partial charge in [-0.15, -0.1) is 0 Å². The summed E-state index contributed by atoms with van der Waals surface area (Å²) < 4.78 is 41.8. The van der Waals surface area contributed by atoms with Crippen molar-refractivity contribution in [1.82, 2.24) is 9.47 Å². The van der Waals surface area contributed by atoms with Gasteiger partial charge in [0.05, 0.1) is 17.5 Å². The highest BCUT2D eigenvalue weighted by molar-refractivity contribution is 5.83. The minimum atomic E-state index is -0.749. The minimum Gasteiger partial charge on any atom is -0.491 e. The van der Waals surface area contributed by atoms with E-state index < -0.39 is 6.17 Å². The van der Waals surface area contributed by atoms with Crippen LogP contribution in [0.15, 0.2) is 53.5 Å². The molecule has 3 fully saturated rings. The van der Waals surface area contributed by atoms with Gasteiger partial charge in [-0.2, -0.15) is 0 Å². The molecule has 6 nitrogen and oxygen atoms in total. The Bertz CT molecular complexity index is 1310. The van der Waals surface area contributed by atoms with Crippen molar-refractivity contribution in [3.63, 3.8) is 0 Å². The molecule has 0 saturated carbocycles. The van der Waals surface area contributed by atoms with E-state index >= 15 is 4.39 Å². The molecule has 36 heavy (non-hydrogen) atoms. The Kier molecular flexibility index (Phi) is 6.39. The van der Waals surface area contributed by atoms with Crippen LogP contribution in [0, 0.1) is 5.82 Å². The summed E-state index contributed by atoms with van der Waals surface area (Å²) in [5, 5.41) is 1.32. The van der Waals surface area contributed by atoms with E-state index in [9.17, 15) is 9.18 Å². The van der Waals surface area contributed by atoms with Crippen molar-refractivity contribution in [1.29, 1.82) is 0 Å². The molecule has 3 aliphatic rings. The molecule has 6 rings (SSSR count). The lowest BCUT2D eigenvalue weighted by atomic mass is 10.1. The number of ether oxygens (including phenoxy) is 2. The van der Waals surface area contributed by atoms with Gasteiger partial charge in [0.2, 0.25) is 0 Å². The van der Waals surface area contributed by atoms with E-state index in [0.717, 1.165) is 44.3 Å². The smallest absolute Gasteiger partial charge is 0.262 e. The summed E-state index contributed by atoms with van der Waals surface area (Å²) in [5.74, 6) is 0.341. The summed E-state index contributed by atoms with van der Waals surface area (Å²) in [6, 6.07) is 12.5. The summed E-state index contributed by atoms with van der Waals surface area (Å²) in [5.41, 5.74) is 0.804. The summed E-state index contributed by atoms with van der Waals surface area (Å²) in [4.78, 5) is 17.4. The first kappa shape index (κ1) is 23.4. The van der Waals surface area contributed by atoms with Crippen LogP contribution < -0.4 is 15.2 Å². The van der Waals surface area contributed by atoms with Gasteiger partial charge in [0.15, 0.2) is 0 Å². The molecule has 190 valence electrons. The second-order valence-electron chi connectivity index (χ2n) is 10.1. The van der Waals surface area contributed by atoms with Crippen LogP contribution in [0.5, 0.6) is 5.75 Å². The van der Waals surface area contributed by atoms with E-state index in [-0.39, 0.29) is 23.5 Å². The fourth-order valence-electron chi connectivity index (χ4n) is 5.72. The van der Waals surface area contributed by atoms with Gasteiger partial charge < -0.3 is 14.4 Å². The van der Waals surface area contributed by atoms with Gasteiger partial charge in [-0.05, 0) is 67.5 Å². The fourth-order valence-corrected chi connectivity index (χ4v) is 5.72. The maximum absolute atomic E-state index is 15.2. The number of rotatable bonds is 6. The fraction of sp³-hybridized carbons (Fsp3) is 0.464. The first-order valence-corrected chi connectivity index (χ1v) is 12.9. The van der Waals surface area contributed by atoms with Gasteiger partial charge in [-0.3, -0.25) is 14.3 Å². The molecule has 3 aromatic rings. The lowest BCUT2D eigenvalue weighted by Crippen LogP contribution is -2.36. The Morgan fingerprint density at radius 1 is 1.03 bits per heavy atom. The van der Waals surface area contributed by atoms with Crippen LogP contribution in [0.25, 0.3) is 16.5 Å². The zero-order chi connectivity index (χ0) is 24.6. The molecule has 8 heteroatoms. The lowest BCUT2D eigenvalue weighted by molar-refractivity contribution is 0.0680. The Morgan fingerprint density at radius 3 is 2.72 bits per heavy atom. The molecule has 2 aromatic carbocycles. The number of nitrogens with zero attached hydrogens (tertiary/aromatic N) is 3. The Labute approximate surface area is 209 Å². The third-order valence-corrected chi connectivity index (χ3v) is 7.73. The van der Waals surface area contributed by atoms with Crippen LogP contribution in [0.1, 0.15) is 25.7 Å². The standard InChI is InChI=1S/C28H31F2N3O3/c29-20-8-10-31(16-20)22-9-11-32(17-22)27-6-3-21(15-26(27)30)33-12-7-19-14-23(4-5-25(19)28(33)34)36-18-24-2-1-13-35-24/h3-7,12,14-15,20,22,24H,1-2,8-11,13,16-18H2/t20-,22?,24+/m0/s1. The number of hydrogen-bond donors (Lipinski definition) is 0.